The van der Waals surface area contributed by atoms with Crippen LogP contribution in [0.2, 0.25) is 0 Å². The van der Waals surface area contributed by atoms with Crippen molar-refractivity contribution in [2.75, 3.05) is 18.0 Å². The predicted molar refractivity (Wildman–Crippen MR) is 64.6 cm³/mol. The molecule has 1 aliphatic heterocycles. The van der Waals surface area contributed by atoms with Crippen LogP contribution in [0.5, 0.6) is 0 Å². The fraction of sp³-hybridized carbons (Fsp3) is 0.455. The fourth-order valence-corrected chi connectivity index (χ4v) is 2.41. The molecule has 1 aromatic rings. The predicted octanol–water partition coefficient (Wildman–Crippen LogP) is 2.06. The summed E-state index contributed by atoms with van der Waals surface area (Å²) in [6.07, 6.45) is 0. The average molecular weight is 285 g/mol. The van der Waals surface area contributed by atoms with Gasteiger partial charge in [0.25, 0.3) is 0 Å². The van der Waals surface area contributed by atoms with E-state index in [-0.39, 0.29) is 0 Å². The third-order valence-electron chi connectivity index (χ3n) is 2.84. The standard InChI is InChI=1S/C11H13BrN2O2/c1-7-3-8(12)13-9(4-7)14-5-11(2,6-14)10(15)16/h3-4H,5-6H2,1-2H3,(H,15,16). The van der Waals surface area contributed by atoms with Crippen molar-refractivity contribution in [2.24, 2.45) is 5.41 Å². The molecule has 1 aromatic heterocycles. The Hall–Kier alpha value is -1.10. The van der Waals surface area contributed by atoms with E-state index < -0.39 is 11.4 Å². The lowest BCUT2D eigenvalue weighted by molar-refractivity contribution is -0.149. The van der Waals surface area contributed by atoms with Gasteiger partial charge in [0.15, 0.2) is 0 Å². The maximum atomic E-state index is 11.0. The van der Waals surface area contributed by atoms with Crippen molar-refractivity contribution in [3.8, 4) is 0 Å². The van der Waals surface area contributed by atoms with Gasteiger partial charge in [-0.3, -0.25) is 4.79 Å². The molecule has 0 radical (unpaired) electrons. The monoisotopic (exact) mass is 284 g/mol. The summed E-state index contributed by atoms with van der Waals surface area (Å²) >= 11 is 3.34. The van der Waals surface area contributed by atoms with Gasteiger partial charge in [-0.05, 0) is 47.5 Å². The topological polar surface area (TPSA) is 53.4 Å². The van der Waals surface area contributed by atoms with Gasteiger partial charge in [0.05, 0.1) is 5.41 Å². The van der Waals surface area contributed by atoms with Crippen molar-refractivity contribution in [2.45, 2.75) is 13.8 Å². The van der Waals surface area contributed by atoms with E-state index in [9.17, 15) is 4.79 Å². The van der Waals surface area contributed by atoms with Gasteiger partial charge in [-0.15, -0.1) is 0 Å². The van der Waals surface area contributed by atoms with E-state index in [1.54, 1.807) is 6.92 Å². The number of pyridine rings is 1. The summed E-state index contributed by atoms with van der Waals surface area (Å²) in [5.41, 5.74) is 0.485. The first-order chi connectivity index (χ1) is 7.40. The zero-order valence-electron chi connectivity index (χ0n) is 9.20. The molecule has 0 bridgehead atoms. The lowest BCUT2D eigenvalue weighted by Gasteiger charge is -2.45. The van der Waals surface area contributed by atoms with Crippen molar-refractivity contribution in [3.05, 3.63) is 22.3 Å². The third kappa shape index (κ3) is 1.91. The zero-order chi connectivity index (χ0) is 11.9. The van der Waals surface area contributed by atoms with Gasteiger partial charge < -0.3 is 10.0 Å². The van der Waals surface area contributed by atoms with Crippen LogP contribution in [-0.4, -0.2) is 29.1 Å². The molecule has 1 saturated heterocycles. The highest BCUT2D eigenvalue weighted by atomic mass is 79.9. The van der Waals surface area contributed by atoms with Crippen molar-refractivity contribution in [3.63, 3.8) is 0 Å². The molecule has 1 fully saturated rings. The SMILES string of the molecule is Cc1cc(Br)nc(N2CC(C)(C(=O)O)C2)c1. The number of aromatic nitrogens is 1. The van der Waals surface area contributed by atoms with Crippen LogP contribution >= 0.6 is 15.9 Å². The number of carbonyl (C=O) groups is 1. The van der Waals surface area contributed by atoms with E-state index in [0.29, 0.717) is 13.1 Å². The average Bonchev–Trinajstić information content (AvgIpc) is 2.10. The molecular weight excluding hydrogens is 272 g/mol. The minimum atomic E-state index is -0.740. The van der Waals surface area contributed by atoms with Gasteiger partial charge in [-0.25, -0.2) is 4.98 Å². The highest BCUT2D eigenvalue weighted by molar-refractivity contribution is 9.10. The third-order valence-corrected chi connectivity index (χ3v) is 3.25. The first-order valence-corrected chi connectivity index (χ1v) is 5.82. The van der Waals surface area contributed by atoms with Crippen LogP contribution in [0, 0.1) is 12.3 Å². The van der Waals surface area contributed by atoms with Gasteiger partial charge in [0, 0.05) is 13.1 Å². The summed E-state index contributed by atoms with van der Waals surface area (Å²) in [7, 11) is 0. The molecule has 0 amide bonds. The molecule has 2 rings (SSSR count). The smallest absolute Gasteiger partial charge is 0.312 e. The Kier molecular flexibility index (Phi) is 2.66. The van der Waals surface area contributed by atoms with E-state index in [1.807, 2.05) is 24.0 Å². The normalized spacial score (nSPS) is 18.1. The Bertz CT molecular complexity index is 421. The first kappa shape index (κ1) is 11.4. The van der Waals surface area contributed by atoms with Crippen LogP contribution in [0.15, 0.2) is 16.7 Å². The molecule has 2 heterocycles. The van der Waals surface area contributed by atoms with Crippen molar-refractivity contribution >= 4 is 27.7 Å². The summed E-state index contributed by atoms with van der Waals surface area (Å²) in [5.74, 6) is 0.0982. The van der Waals surface area contributed by atoms with Crippen LogP contribution in [0.25, 0.3) is 0 Å². The Morgan fingerprint density at radius 1 is 1.56 bits per heavy atom. The van der Waals surface area contributed by atoms with Gasteiger partial charge in [-0.2, -0.15) is 0 Å². The Morgan fingerprint density at radius 3 is 2.69 bits per heavy atom. The molecular formula is C11H13BrN2O2. The number of carboxylic acids is 1. The molecule has 4 nitrogen and oxygen atoms in total. The Balaban J connectivity index is 2.15. The molecule has 1 N–H and O–H groups in total. The lowest BCUT2D eigenvalue weighted by atomic mass is 9.82. The van der Waals surface area contributed by atoms with E-state index in [0.717, 1.165) is 16.0 Å². The lowest BCUT2D eigenvalue weighted by Crippen LogP contribution is -2.59. The quantitative estimate of drug-likeness (QED) is 0.845. The number of hydrogen-bond acceptors (Lipinski definition) is 3. The minimum absolute atomic E-state index is 0.519. The summed E-state index contributed by atoms with van der Waals surface area (Å²) in [6, 6.07) is 3.89. The van der Waals surface area contributed by atoms with Crippen LogP contribution in [-0.2, 0) is 4.79 Å². The Labute approximate surface area is 102 Å². The van der Waals surface area contributed by atoms with Gasteiger partial charge in [0.2, 0.25) is 0 Å². The number of hydrogen-bond donors (Lipinski definition) is 1. The molecule has 0 saturated carbocycles. The number of aliphatic carboxylic acids is 1. The van der Waals surface area contributed by atoms with Crippen molar-refractivity contribution in [1.29, 1.82) is 0 Å². The Morgan fingerprint density at radius 2 is 2.19 bits per heavy atom. The van der Waals surface area contributed by atoms with Gasteiger partial charge >= 0.3 is 5.97 Å². The zero-order valence-corrected chi connectivity index (χ0v) is 10.8. The summed E-state index contributed by atoms with van der Waals surface area (Å²) in [6.45, 7) is 4.79. The molecule has 0 unspecified atom stereocenters. The van der Waals surface area contributed by atoms with Gasteiger partial charge in [0.1, 0.15) is 10.4 Å². The largest absolute Gasteiger partial charge is 0.481 e. The van der Waals surface area contributed by atoms with E-state index in [2.05, 4.69) is 20.9 Å². The number of aryl methyl sites for hydroxylation is 1. The van der Waals surface area contributed by atoms with E-state index in [1.165, 1.54) is 0 Å². The molecule has 86 valence electrons. The molecule has 5 heteroatoms. The molecule has 0 spiro atoms. The highest BCUT2D eigenvalue weighted by Crippen LogP contribution is 2.34. The van der Waals surface area contributed by atoms with Crippen molar-refractivity contribution < 1.29 is 9.90 Å². The number of anilines is 1. The van der Waals surface area contributed by atoms with E-state index in [4.69, 9.17) is 5.11 Å². The fourth-order valence-electron chi connectivity index (χ4n) is 1.86. The van der Waals surface area contributed by atoms with Crippen molar-refractivity contribution in [1.82, 2.24) is 4.98 Å². The summed E-state index contributed by atoms with van der Waals surface area (Å²) < 4.78 is 0.784. The maximum absolute atomic E-state index is 11.0. The minimum Gasteiger partial charge on any atom is -0.481 e. The van der Waals surface area contributed by atoms with E-state index >= 15 is 0 Å². The van der Waals surface area contributed by atoms with Crippen LogP contribution in [0.4, 0.5) is 5.82 Å². The number of carboxylic acid groups (broad SMARTS) is 1. The molecule has 1 aliphatic rings. The van der Waals surface area contributed by atoms with Crippen LogP contribution in [0.1, 0.15) is 12.5 Å². The highest BCUT2D eigenvalue weighted by Gasteiger charge is 2.45. The second-order valence-electron chi connectivity index (χ2n) is 4.55. The maximum Gasteiger partial charge on any atom is 0.312 e. The summed E-state index contributed by atoms with van der Waals surface area (Å²) in [4.78, 5) is 17.3. The van der Waals surface area contributed by atoms with Crippen LogP contribution < -0.4 is 4.90 Å². The summed E-state index contributed by atoms with van der Waals surface area (Å²) in [5, 5.41) is 9.01. The molecule has 0 atom stereocenters. The first-order valence-electron chi connectivity index (χ1n) is 5.03. The second kappa shape index (κ2) is 3.73. The second-order valence-corrected chi connectivity index (χ2v) is 5.36. The number of nitrogens with zero attached hydrogens (tertiary/aromatic N) is 2. The van der Waals surface area contributed by atoms with Crippen LogP contribution in [0.3, 0.4) is 0 Å². The molecule has 0 aromatic carbocycles. The number of halogens is 1. The van der Waals surface area contributed by atoms with Gasteiger partial charge in [-0.1, -0.05) is 0 Å². The molecule has 0 aliphatic carbocycles. The number of rotatable bonds is 2. The molecule has 16 heavy (non-hydrogen) atoms.